The maximum atomic E-state index is 6.38. The van der Waals surface area contributed by atoms with Crippen LogP contribution in [-0.2, 0) is 78.5 Å². The number of halogens is 6. The number of fused-ring (bicyclic) bond motifs is 5. The predicted molar refractivity (Wildman–Crippen MR) is 251 cm³/mol. The van der Waals surface area contributed by atoms with E-state index in [0.717, 1.165) is 27.2 Å². The molecule has 8 rings (SSSR count). The van der Waals surface area contributed by atoms with Crippen molar-refractivity contribution in [3.05, 3.63) is 182 Å². The molecular formula is C55H58Cl6Zr2. The SMILES string of the molecule is CC(C)(C)c1[c-]c2c(cc1C(C)(C)C)-c1cc(C(C)(C)C)c(C(C)(C)C)cc1C2.Clc1cccc2c([C](=[Zr+2])c3cccc4c(Cl)cccc34)cccc12.[Cl-].[Cl-].[Cl-].[Cl-].[Zr+4].c1cc[cH-]c1. The molecule has 0 radical (unpaired) electrons. The first-order valence-corrected chi connectivity index (χ1v) is 22.4. The van der Waals surface area contributed by atoms with Crippen molar-refractivity contribution in [1.82, 2.24) is 0 Å². The van der Waals surface area contributed by atoms with Gasteiger partial charge in [-0.15, -0.1) is 16.7 Å². The zero-order valence-electron chi connectivity index (χ0n) is 38.5. The molecule has 63 heavy (non-hydrogen) atoms. The third-order valence-corrected chi connectivity index (χ3v) is 13.0. The summed E-state index contributed by atoms with van der Waals surface area (Å²) in [6, 6.07) is 46.2. The fraction of sp³-hybridized carbons (Fsp3) is 0.309. The molecule has 328 valence electrons. The van der Waals surface area contributed by atoms with Gasteiger partial charge in [0.15, 0.2) is 0 Å². The summed E-state index contributed by atoms with van der Waals surface area (Å²) in [4.78, 5) is 0. The Morgan fingerprint density at radius 3 is 1.30 bits per heavy atom. The van der Waals surface area contributed by atoms with E-state index in [0.29, 0.717) is 0 Å². The Bertz CT molecular complexity index is 2430. The topological polar surface area (TPSA) is 0 Å². The van der Waals surface area contributed by atoms with Crippen LogP contribution < -0.4 is 49.6 Å². The molecule has 0 saturated heterocycles. The van der Waals surface area contributed by atoms with Gasteiger partial charge >= 0.3 is 192 Å². The summed E-state index contributed by atoms with van der Waals surface area (Å²) < 4.78 is 1.31. The quantitative estimate of drug-likeness (QED) is 0.230. The molecule has 0 spiro atoms. The van der Waals surface area contributed by atoms with E-state index in [9.17, 15) is 0 Å². The molecular weight excluding hydrogens is 1060 g/mol. The molecule has 0 nitrogen and oxygen atoms in total. The van der Waals surface area contributed by atoms with Crippen LogP contribution in [0.3, 0.4) is 0 Å². The molecule has 0 unspecified atom stereocenters. The standard InChI is InChI=1S/C29H41.C21H12Cl2.C5H5.4ClH.2Zr/c1-26(2,3)22-14-18-13-19-15-23(27(4,5)6)25(29(10,11)12)17-21(19)20(18)16-24(22)28(7,8)9;22-20-11-3-7-16-14(5-1-9-18(16)20)13-15-6-2-10-19-17(15)8-4-12-21(19)23;1-2-4-5-3-1;;;;;;/h14,16-17H,13H2,1-12H3;1-12H;1-5H;4*1H;;/q-1;;-1;;;;;+2;+4/p-4. The van der Waals surface area contributed by atoms with Gasteiger partial charge in [0.2, 0.25) is 0 Å². The van der Waals surface area contributed by atoms with Crippen LogP contribution in [0.25, 0.3) is 32.7 Å². The van der Waals surface area contributed by atoms with Crippen LogP contribution in [0.1, 0.15) is 128 Å². The Labute approximate surface area is 447 Å². The second-order valence-electron chi connectivity index (χ2n) is 19.8. The molecule has 0 saturated carbocycles. The maximum absolute atomic E-state index is 6.38. The summed E-state index contributed by atoms with van der Waals surface area (Å²) in [6.07, 6.45) is 1.01. The van der Waals surface area contributed by atoms with E-state index in [1.165, 1.54) is 93.8 Å². The number of hydrogen-bond donors (Lipinski definition) is 0. The van der Waals surface area contributed by atoms with E-state index in [-0.39, 0.29) is 97.5 Å². The van der Waals surface area contributed by atoms with E-state index in [4.69, 9.17) is 23.2 Å². The molecule has 7 aromatic carbocycles. The first-order valence-electron chi connectivity index (χ1n) is 20.5. The number of benzene rings is 6. The first-order chi connectivity index (χ1) is 27.1. The van der Waals surface area contributed by atoms with E-state index in [2.05, 4.69) is 156 Å². The molecule has 0 aliphatic heterocycles. The number of rotatable bonds is 2. The van der Waals surface area contributed by atoms with Gasteiger partial charge in [-0.3, -0.25) is 0 Å². The molecule has 0 heterocycles. The minimum Gasteiger partial charge on any atom is -1.00 e. The normalized spacial score (nSPS) is 11.7. The van der Waals surface area contributed by atoms with Crippen LogP contribution in [0.5, 0.6) is 0 Å². The van der Waals surface area contributed by atoms with Gasteiger partial charge in [-0.05, 0) is 39.4 Å². The largest absolute Gasteiger partial charge is 4.00 e. The van der Waals surface area contributed by atoms with Crippen LogP contribution >= 0.6 is 23.2 Å². The fourth-order valence-electron chi connectivity index (χ4n) is 8.07. The van der Waals surface area contributed by atoms with Crippen LogP contribution in [0, 0.1) is 6.07 Å². The van der Waals surface area contributed by atoms with Gasteiger partial charge in [0, 0.05) is 0 Å². The van der Waals surface area contributed by atoms with E-state index in [1.807, 2.05) is 54.6 Å². The summed E-state index contributed by atoms with van der Waals surface area (Å²) in [5.74, 6) is 0. The van der Waals surface area contributed by atoms with Crippen molar-refractivity contribution in [3.63, 3.8) is 0 Å². The van der Waals surface area contributed by atoms with E-state index in [1.54, 1.807) is 0 Å². The summed E-state index contributed by atoms with van der Waals surface area (Å²) in [6.45, 7) is 28.0. The summed E-state index contributed by atoms with van der Waals surface area (Å²) in [5.41, 5.74) is 14.4. The van der Waals surface area contributed by atoms with Crippen LogP contribution in [0.15, 0.2) is 121 Å². The van der Waals surface area contributed by atoms with Crippen LogP contribution in [0.2, 0.25) is 10.0 Å². The van der Waals surface area contributed by atoms with Gasteiger partial charge in [0.1, 0.15) is 0 Å². The number of hydrogen-bond acceptors (Lipinski definition) is 0. The Hall–Kier alpha value is -1.43. The molecule has 0 atom stereocenters. The average Bonchev–Trinajstić information content (AvgIpc) is 3.84. The molecule has 0 N–H and O–H groups in total. The zero-order valence-corrected chi connectivity index (χ0v) is 48.0. The zero-order chi connectivity index (χ0) is 42.4. The Balaban J connectivity index is 0.000000532. The molecule has 0 fully saturated rings. The average molecular weight is 1110 g/mol. The van der Waals surface area contributed by atoms with E-state index >= 15 is 0 Å². The Morgan fingerprint density at radius 1 is 0.508 bits per heavy atom. The summed E-state index contributed by atoms with van der Waals surface area (Å²) in [5, 5.41) is 6.15. The van der Waals surface area contributed by atoms with E-state index < -0.39 is 0 Å². The molecule has 1 aliphatic carbocycles. The molecule has 7 aromatic rings. The van der Waals surface area contributed by atoms with Crippen LogP contribution in [-0.4, -0.2) is 3.21 Å². The second-order valence-corrected chi connectivity index (χ2v) is 21.8. The summed E-state index contributed by atoms with van der Waals surface area (Å²) in [7, 11) is 0. The fourth-order valence-corrected chi connectivity index (χ4v) is 9.62. The molecule has 0 amide bonds. The minimum absolute atomic E-state index is 0. The first kappa shape index (κ1) is 59.6. The van der Waals surface area contributed by atoms with Crippen molar-refractivity contribution in [2.24, 2.45) is 0 Å². The van der Waals surface area contributed by atoms with Crippen molar-refractivity contribution in [1.29, 1.82) is 0 Å². The molecule has 8 heteroatoms. The van der Waals surface area contributed by atoms with Crippen molar-refractivity contribution in [2.45, 2.75) is 111 Å². The second kappa shape index (κ2) is 23.5. The monoisotopic (exact) mass is 1110 g/mol. The molecule has 0 aromatic heterocycles. The molecule has 1 aliphatic rings. The third kappa shape index (κ3) is 13.6. The molecule has 0 bridgehead atoms. The third-order valence-electron chi connectivity index (χ3n) is 11.1. The van der Waals surface area contributed by atoms with Gasteiger partial charge in [0.05, 0.1) is 0 Å². The van der Waals surface area contributed by atoms with Crippen LogP contribution in [0.4, 0.5) is 0 Å². The van der Waals surface area contributed by atoms with Crippen molar-refractivity contribution in [2.75, 3.05) is 0 Å². The van der Waals surface area contributed by atoms with Crippen molar-refractivity contribution >= 4 is 48.0 Å². The maximum Gasteiger partial charge on any atom is 4.00 e. The minimum atomic E-state index is 0. The van der Waals surface area contributed by atoms with Gasteiger partial charge in [-0.1, -0.05) is 106 Å². The van der Waals surface area contributed by atoms with Gasteiger partial charge in [-0.2, -0.15) is 35.9 Å². The smallest absolute Gasteiger partial charge is 1.00 e. The predicted octanol–water partition coefficient (Wildman–Crippen LogP) is 4.08. The van der Waals surface area contributed by atoms with Gasteiger partial charge in [-0.25, -0.2) is 12.1 Å². The van der Waals surface area contributed by atoms with Crippen molar-refractivity contribution in [3.8, 4) is 11.1 Å². The van der Waals surface area contributed by atoms with Gasteiger partial charge in [0.25, 0.3) is 0 Å². The Morgan fingerprint density at radius 2 is 0.905 bits per heavy atom. The summed E-state index contributed by atoms with van der Waals surface area (Å²) >= 11 is 14.1. The van der Waals surface area contributed by atoms with Crippen molar-refractivity contribution < 1.29 is 100 Å². The Kier molecular flexibility index (Phi) is 22.3. The van der Waals surface area contributed by atoms with Gasteiger partial charge < -0.3 is 49.6 Å².